The molecule has 0 saturated heterocycles. The Bertz CT molecular complexity index is 569. The first-order chi connectivity index (χ1) is 12.9. The van der Waals surface area contributed by atoms with Crippen LogP contribution in [-0.4, -0.2) is 42.3 Å². The van der Waals surface area contributed by atoms with Gasteiger partial charge in [-0.15, -0.1) is 0 Å². The van der Waals surface area contributed by atoms with E-state index in [0.29, 0.717) is 6.42 Å². The van der Waals surface area contributed by atoms with Crippen LogP contribution >= 0.6 is 0 Å². The van der Waals surface area contributed by atoms with Crippen LogP contribution in [0.15, 0.2) is 36.1 Å². The number of nitrogens with one attached hydrogen (secondary N) is 2. The van der Waals surface area contributed by atoms with E-state index in [2.05, 4.69) is 16.7 Å². The van der Waals surface area contributed by atoms with Gasteiger partial charge in [-0.25, -0.2) is 4.79 Å². The van der Waals surface area contributed by atoms with Crippen LogP contribution in [0.2, 0.25) is 0 Å². The lowest BCUT2D eigenvalue weighted by atomic mass is 10.0. The van der Waals surface area contributed by atoms with E-state index in [1.54, 1.807) is 25.2 Å². The summed E-state index contributed by atoms with van der Waals surface area (Å²) in [5.41, 5.74) is -0.522. The molecule has 0 saturated carbocycles. The van der Waals surface area contributed by atoms with Gasteiger partial charge in [0, 0.05) is 0 Å². The van der Waals surface area contributed by atoms with Crippen molar-refractivity contribution in [2.75, 3.05) is 13.6 Å². The fourth-order valence-corrected chi connectivity index (χ4v) is 2.67. The summed E-state index contributed by atoms with van der Waals surface area (Å²) in [7, 11) is 1.97. The summed E-state index contributed by atoms with van der Waals surface area (Å²) >= 11 is 0. The zero-order valence-corrected chi connectivity index (χ0v) is 16.8. The molecule has 1 amide bonds. The zero-order valence-electron chi connectivity index (χ0n) is 16.8. The summed E-state index contributed by atoms with van der Waals surface area (Å²) in [6.45, 7) is 4.76. The minimum atomic E-state index is -0.897. The Morgan fingerprint density at radius 1 is 1.30 bits per heavy atom. The quantitative estimate of drug-likeness (QED) is 0.261. The molecule has 0 unspecified atom stereocenters. The first-order valence-electron chi connectivity index (χ1n) is 9.82. The molecule has 0 aromatic carbocycles. The van der Waals surface area contributed by atoms with Crippen molar-refractivity contribution in [3.05, 3.63) is 36.1 Å². The fraction of sp³-hybridized carbons (Fsp3) is 0.619. The number of ether oxygens (including phenoxy) is 1. The molecule has 1 heterocycles. The molecule has 0 aliphatic carbocycles. The highest BCUT2D eigenvalue weighted by atomic mass is 16.6. The van der Waals surface area contributed by atoms with Gasteiger partial charge in [0.25, 0.3) is 0 Å². The topological polar surface area (TPSA) is 87.7 Å². The molecule has 6 heteroatoms. The van der Waals surface area contributed by atoms with Gasteiger partial charge in [-0.3, -0.25) is 4.79 Å². The highest BCUT2D eigenvalue weighted by Crippen LogP contribution is 2.26. The predicted octanol–water partition coefficient (Wildman–Crippen LogP) is 2.75. The lowest BCUT2D eigenvalue weighted by Gasteiger charge is -2.17. The number of unbranched alkanes of at least 4 members (excludes halogenated alkanes) is 4. The van der Waals surface area contributed by atoms with Crippen molar-refractivity contribution >= 4 is 11.9 Å². The number of allylic oxidation sites excluding steroid dienone is 3. The highest BCUT2D eigenvalue weighted by Gasteiger charge is 2.35. The number of rotatable bonds is 13. The van der Waals surface area contributed by atoms with E-state index in [0.717, 1.165) is 19.4 Å². The third-order valence-electron chi connectivity index (χ3n) is 4.49. The molecule has 1 aliphatic rings. The molecule has 0 aromatic rings. The van der Waals surface area contributed by atoms with E-state index in [9.17, 15) is 14.7 Å². The van der Waals surface area contributed by atoms with E-state index < -0.39 is 23.6 Å². The molecule has 152 valence electrons. The highest BCUT2D eigenvalue weighted by molar-refractivity contribution is 5.96. The Morgan fingerprint density at radius 3 is 2.70 bits per heavy atom. The van der Waals surface area contributed by atoms with Gasteiger partial charge in [0.05, 0.1) is 12.5 Å². The number of carbonyl (C=O) groups excluding carboxylic acids is 2. The molecule has 0 fully saturated rings. The van der Waals surface area contributed by atoms with Gasteiger partial charge in [0.2, 0.25) is 5.91 Å². The lowest BCUT2D eigenvalue weighted by molar-refractivity contribution is -0.146. The second-order valence-electron chi connectivity index (χ2n) is 7.05. The number of hydrogen-bond donors (Lipinski definition) is 3. The van der Waals surface area contributed by atoms with Gasteiger partial charge in [-0.2, -0.15) is 0 Å². The third-order valence-corrected chi connectivity index (χ3v) is 4.49. The van der Waals surface area contributed by atoms with Crippen LogP contribution in [0.25, 0.3) is 0 Å². The number of amides is 1. The van der Waals surface area contributed by atoms with Crippen molar-refractivity contribution in [1.82, 2.24) is 10.6 Å². The number of esters is 1. The standard InChI is InChI=1S/C21H34N2O4/c1-4-21(2)16-18(20(26)27-21)23-19(25)15-17(24)13-11-9-7-5-6-8-10-12-14-22-3/h7,9,11,13,16-17,22,24H,4-6,8,10,12,14-15H2,1-3H3,(H,23,25)/b9-7+,13-11-/t17-,21-/m0/s1. The molecule has 3 N–H and O–H groups in total. The fourth-order valence-electron chi connectivity index (χ4n) is 2.67. The zero-order chi connectivity index (χ0) is 20.1. The van der Waals surface area contributed by atoms with Crippen molar-refractivity contribution in [1.29, 1.82) is 0 Å². The molecule has 0 spiro atoms. The SMILES string of the molecule is CC[C@@]1(C)C=C(NC(=O)C[C@@H](O)/C=C\C=C\CCCCCCNC)C(=O)O1. The van der Waals surface area contributed by atoms with E-state index in [1.165, 1.54) is 19.3 Å². The van der Waals surface area contributed by atoms with E-state index in [4.69, 9.17) is 4.74 Å². The Morgan fingerprint density at radius 2 is 2.04 bits per heavy atom. The summed E-state index contributed by atoms with van der Waals surface area (Å²) in [4.78, 5) is 23.7. The largest absolute Gasteiger partial charge is 0.450 e. The monoisotopic (exact) mass is 378 g/mol. The maximum Gasteiger partial charge on any atom is 0.355 e. The van der Waals surface area contributed by atoms with Crippen molar-refractivity contribution in [2.45, 2.75) is 70.5 Å². The molecule has 6 nitrogen and oxygen atoms in total. The Kier molecular flexibility index (Phi) is 10.7. The maximum atomic E-state index is 12.0. The number of cyclic esters (lactones) is 1. The van der Waals surface area contributed by atoms with Crippen LogP contribution in [0, 0.1) is 0 Å². The summed E-state index contributed by atoms with van der Waals surface area (Å²) in [5, 5.41) is 15.6. The minimum Gasteiger partial charge on any atom is -0.450 e. The van der Waals surface area contributed by atoms with Crippen molar-refractivity contribution in [3.8, 4) is 0 Å². The Hall–Kier alpha value is -1.92. The first-order valence-corrected chi connectivity index (χ1v) is 9.82. The average Bonchev–Trinajstić information content (AvgIpc) is 2.90. The second kappa shape index (κ2) is 12.5. The summed E-state index contributed by atoms with van der Waals surface area (Å²) in [6, 6.07) is 0. The summed E-state index contributed by atoms with van der Waals surface area (Å²) in [6.07, 6.45) is 14.3. The van der Waals surface area contributed by atoms with Gasteiger partial charge in [0.15, 0.2) is 0 Å². The predicted molar refractivity (Wildman–Crippen MR) is 107 cm³/mol. The first kappa shape index (κ1) is 23.1. The van der Waals surface area contributed by atoms with Crippen LogP contribution in [-0.2, 0) is 14.3 Å². The molecular weight excluding hydrogens is 344 g/mol. The molecule has 27 heavy (non-hydrogen) atoms. The van der Waals surface area contributed by atoms with Crippen LogP contribution < -0.4 is 10.6 Å². The van der Waals surface area contributed by atoms with Crippen molar-refractivity contribution in [3.63, 3.8) is 0 Å². The van der Waals surface area contributed by atoms with Gasteiger partial charge < -0.3 is 20.5 Å². The smallest absolute Gasteiger partial charge is 0.355 e. The molecule has 1 aliphatic heterocycles. The number of carbonyl (C=O) groups is 2. The van der Waals surface area contributed by atoms with Crippen LogP contribution in [0.4, 0.5) is 0 Å². The molecule has 0 radical (unpaired) electrons. The Balaban J connectivity index is 2.23. The minimum absolute atomic E-state index is 0.108. The lowest BCUT2D eigenvalue weighted by Crippen LogP contribution is -2.28. The van der Waals surface area contributed by atoms with E-state index in [-0.39, 0.29) is 12.1 Å². The van der Waals surface area contributed by atoms with Crippen LogP contribution in [0.5, 0.6) is 0 Å². The maximum absolute atomic E-state index is 12.0. The number of aliphatic hydroxyl groups is 1. The van der Waals surface area contributed by atoms with Crippen LogP contribution in [0.3, 0.4) is 0 Å². The second-order valence-corrected chi connectivity index (χ2v) is 7.05. The molecule has 0 aromatic heterocycles. The van der Waals surface area contributed by atoms with E-state index in [1.807, 2.05) is 20.0 Å². The molecule has 0 bridgehead atoms. The van der Waals surface area contributed by atoms with Gasteiger partial charge in [0.1, 0.15) is 11.3 Å². The Labute approximate surface area is 162 Å². The third kappa shape index (κ3) is 9.54. The van der Waals surface area contributed by atoms with Gasteiger partial charge in [-0.1, -0.05) is 44.1 Å². The van der Waals surface area contributed by atoms with Crippen molar-refractivity contribution in [2.24, 2.45) is 0 Å². The number of aliphatic hydroxyl groups excluding tert-OH is 1. The summed E-state index contributed by atoms with van der Waals surface area (Å²) in [5.74, 6) is -0.951. The normalized spacial score (nSPS) is 20.9. The van der Waals surface area contributed by atoms with Gasteiger partial charge in [-0.05, 0) is 52.3 Å². The molecule has 1 rings (SSSR count). The van der Waals surface area contributed by atoms with E-state index >= 15 is 0 Å². The molecular formula is C21H34N2O4. The number of hydrogen-bond acceptors (Lipinski definition) is 5. The van der Waals surface area contributed by atoms with Crippen molar-refractivity contribution < 1.29 is 19.4 Å². The summed E-state index contributed by atoms with van der Waals surface area (Å²) < 4.78 is 5.22. The molecule has 2 atom stereocenters. The van der Waals surface area contributed by atoms with Crippen LogP contribution in [0.1, 0.15) is 58.8 Å². The van der Waals surface area contributed by atoms with Gasteiger partial charge >= 0.3 is 5.97 Å². The average molecular weight is 379 g/mol.